The van der Waals surface area contributed by atoms with Gasteiger partial charge in [0.1, 0.15) is 11.5 Å². The lowest BCUT2D eigenvalue weighted by atomic mass is 10.2. The van der Waals surface area contributed by atoms with Gasteiger partial charge in [0.05, 0.1) is 21.2 Å². The molecule has 3 rings (SSSR count). The van der Waals surface area contributed by atoms with E-state index in [2.05, 4.69) is 10.2 Å². The number of ether oxygens (including phenoxy) is 1. The Morgan fingerprint density at radius 3 is 2.50 bits per heavy atom. The maximum absolute atomic E-state index is 12.1. The molecule has 0 bridgehead atoms. The quantitative estimate of drug-likeness (QED) is 0.627. The Kier molecular flexibility index (Phi) is 4.59. The molecular formula is C16H12Cl2N2O4. The minimum atomic E-state index is -0.666. The van der Waals surface area contributed by atoms with Crippen molar-refractivity contribution >= 4 is 29.2 Å². The van der Waals surface area contributed by atoms with Crippen molar-refractivity contribution < 1.29 is 18.4 Å². The first-order chi connectivity index (χ1) is 11.5. The first kappa shape index (κ1) is 16.5. The van der Waals surface area contributed by atoms with E-state index in [1.165, 1.54) is 0 Å². The summed E-state index contributed by atoms with van der Waals surface area (Å²) in [7, 11) is 0. The molecule has 0 saturated carbocycles. The lowest BCUT2D eigenvalue weighted by molar-refractivity contribution is 0.0439. The number of halogens is 2. The zero-order valence-electron chi connectivity index (χ0n) is 12.8. The highest BCUT2D eigenvalue weighted by Gasteiger charge is 2.19. The van der Waals surface area contributed by atoms with Crippen LogP contribution >= 0.6 is 23.2 Å². The number of carbonyl (C=O) groups excluding carboxylic acids is 1. The van der Waals surface area contributed by atoms with Crippen LogP contribution in [0.2, 0.25) is 10.0 Å². The zero-order valence-corrected chi connectivity index (χ0v) is 14.3. The maximum atomic E-state index is 12.1. The summed E-state index contributed by atoms with van der Waals surface area (Å²) in [4.78, 5) is 12.1. The number of aryl methyl sites for hydroxylation is 2. The molecule has 0 aliphatic heterocycles. The molecule has 0 aliphatic rings. The Morgan fingerprint density at radius 2 is 1.88 bits per heavy atom. The molecule has 8 heteroatoms. The summed E-state index contributed by atoms with van der Waals surface area (Å²) in [5, 5.41) is 8.20. The van der Waals surface area contributed by atoms with E-state index in [0.717, 1.165) is 5.76 Å². The number of nitrogens with zero attached hydrogens (tertiary/aromatic N) is 2. The molecule has 0 N–H and O–H groups in total. The monoisotopic (exact) mass is 366 g/mol. The van der Waals surface area contributed by atoms with Crippen molar-refractivity contribution in [1.29, 1.82) is 0 Å². The highest BCUT2D eigenvalue weighted by atomic mass is 35.5. The van der Waals surface area contributed by atoms with E-state index in [4.69, 9.17) is 36.8 Å². The van der Waals surface area contributed by atoms with E-state index < -0.39 is 5.97 Å². The van der Waals surface area contributed by atoms with Crippen molar-refractivity contribution in [2.24, 2.45) is 0 Å². The maximum Gasteiger partial charge on any atom is 0.341 e. The number of carbonyl (C=O) groups is 1. The number of aromatic nitrogens is 2. The number of hydrogen-bond acceptors (Lipinski definition) is 6. The van der Waals surface area contributed by atoms with Gasteiger partial charge in [-0.25, -0.2) is 4.79 Å². The van der Waals surface area contributed by atoms with Crippen LogP contribution in [0.25, 0.3) is 11.5 Å². The molecule has 0 atom stereocenters. The summed E-state index contributed by atoms with van der Waals surface area (Å²) in [6.45, 7) is 3.43. The van der Waals surface area contributed by atoms with E-state index in [-0.39, 0.29) is 28.1 Å². The fourth-order valence-corrected chi connectivity index (χ4v) is 2.71. The second-order valence-corrected chi connectivity index (χ2v) is 5.82. The van der Waals surface area contributed by atoms with E-state index in [9.17, 15) is 4.79 Å². The summed E-state index contributed by atoms with van der Waals surface area (Å²) in [5.74, 6) is 1.19. The fourth-order valence-electron chi connectivity index (χ4n) is 2.16. The first-order valence-electron chi connectivity index (χ1n) is 6.96. The molecule has 3 aromatic rings. The first-order valence-corrected chi connectivity index (χ1v) is 7.72. The average Bonchev–Trinajstić information content (AvgIpc) is 3.11. The third-order valence-electron chi connectivity index (χ3n) is 3.23. The summed E-state index contributed by atoms with van der Waals surface area (Å²) >= 11 is 11.9. The highest BCUT2D eigenvalue weighted by molar-refractivity contribution is 6.39. The standard InChI is InChI=1S/C16H12Cl2N2O4/c1-8-6-10(9(2)23-8)15-20-19-13(24-15)7-22-16(21)14-11(17)4-3-5-12(14)18/h3-6H,7H2,1-2H3. The summed E-state index contributed by atoms with van der Waals surface area (Å²) in [6, 6.07) is 6.54. The summed E-state index contributed by atoms with van der Waals surface area (Å²) in [5.41, 5.74) is 0.800. The van der Waals surface area contributed by atoms with Crippen LogP contribution in [0, 0.1) is 13.8 Å². The van der Waals surface area contributed by atoms with Crippen molar-refractivity contribution in [2.45, 2.75) is 20.5 Å². The lowest BCUT2D eigenvalue weighted by Gasteiger charge is -2.05. The van der Waals surface area contributed by atoms with E-state index in [1.54, 1.807) is 31.2 Å². The van der Waals surface area contributed by atoms with Gasteiger partial charge in [0.2, 0.25) is 0 Å². The number of esters is 1. The van der Waals surface area contributed by atoms with Crippen molar-refractivity contribution in [2.75, 3.05) is 0 Å². The minimum absolute atomic E-state index is 0.0990. The Morgan fingerprint density at radius 1 is 1.17 bits per heavy atom. The molecule has 2 heterocycles. The van der Waals surface area contributed by atoms with Crippen LogP contribution in [0.5, 0.6) is 0 Å². The number of hydrogen-bond donors (Lipinski definition) is 0. The van der Waals surface area contributed by atoms with E-state index >= 15 is 0 Å². The average molecular weight is 367 g/mol. The SMILES string of the molecule is Cc1cc(-c2nnc(COC(=O)c3c(Cl)cccc3Cl)o2)c(C)o1. The van der Waals surface area contributed by atoms with Crippen LogP contribution in [0.4, 0.5) is 0 Å². The molecule has 0 saturated heterocycles. The molecule has 0 spiro atoms. The Labute approximate surface area is 147 Å². The van der Waals surface area contributed by atoms with Crippen molar-refractivity contribution in [3.05, 3.63) is 57.3 Å². The van der Waals surface area contributed by atoms with Crippen LogP contribution in [0.3, 0.4) is 0 Å². The topological polar surface area (TPSA) is 78.4 Å². The van der Waals surface area contributed by atoms with Crippen LogP contribution < -0.4 is 0 Å². The van der Waals surface area contributed by atoms with Crippen molar-refractivity contribution in [3.63, 3.8) is 0 Å². The van der Waals surface area contributed by atoms with Crippen LogP contribution in [0.15, 0.2) is 33.1 Å². The number of furan rings is 1. The summed E-state index contributed by atoms with van der Waals surface area (Å²) in [6.07, 6.45) is 0. The van der Waals surface area contributed by atoms with Gasteiger partial charge in [0, 0.05) is 0 Å². The lowest BCUT2D eigenvalue weighted by Crippen LogP contribution is -2.07. The fraction of sp³-hybridized carbons (Fsp3) is 0.188. The number of benzene rings is 1. The van der Waals surface area contributed by atoms with Crippen molar-refractivity contribution in [1.82, 2.24) is 10.2 Å². The van der Waals surface area contributed by atoms with Gasteiger partial charge >= 0.3 is 5.97 Å². The molecule has 0 fully saturated rings. The van der Waals surface area contributed by atoms with Crippen LogP contribution in [-0.2, 0) is 11.3 Å². The van der Waals surface area contributed by atoms with Gasteiger partial charge in [-0.3, -0.25) is 0 Å². The van der Waals surface area contributed by atoms with Gasteiger partial charge in [0.15, 0.2) is 6.61 Å². The van der Waals surface area contributed by atoms with Gasteiger partial charge in [-0.15, -0.1) is 10.2 Å². The number of rotatable bonds is 4. The third kappa shape index (κ3) is 3.29. The van der Waals surface area contributed by atoms with Crippen molar-refractivity contribution in [3.8, 4) is 11.5 Å². The van der Waals surface area contributed by atoms with Gasteiger partial charge in [-0.05, 0) is 32.0 Å². The van der Waals surface area contributed by atoms with E-state index in [0.29, 0.717) is 17.2 Å². The van der Waals surface area contributed by atoms with Gasteiger partial charge in [-0.1, -0.05) is 29.3 Å². The third-order valence-corrected chi connectivity index (χ3v) is 3.86. The Hall–Kier alpha value is -2.31. The minimum Gasteiger partial charge on any atom is -0.466 e. The molecule has 0 amide bonds. The van der Waals surface area contributed by atoms with Crippen LogP contribution in [-0.4, -0.2) is 16.2 Å². The predicted molar refractivity (Wildman–Crippen MR) is 87.1 cm³/mol. The van der Waals surface area contributed by atoms with Gasteiger partial charge < -0.3 is 13.6 Å². The normalized spacial score (nSPS) is 10.8. The molecule has 2 aromatic heterocycles. The largest absolute Gasteiger partial charge is 0.466 e. The molecular weight excluding hydrogens is 355 g/mol. The Balaban J connectivity index is 1.72. The van der Waals surface area contributed by atoms with Crippen LogP contribution in [0.1, 0.15) is 27.8 Å². The van der Waals surface area contributed by atoms with Gasteiger partial charge in [-0.2, -0.15) is 0 Å². The molecule has 1 aromatic carbocycles. The highest BCUT2D eigenvalue weighted by Crippen LogP contribution is 2.27. The zero-order chi connectivity index (χ0) is 17.3. The Bertz CT molecular complexity index is 881. The second kappa shape index (κ2) is 6.67. The smallest absolute Gasteiger partial charge is 0.341 e. The molecule has 0 unspecified atom stereocenters. The molecule has 0 radical (unpaired) electrons. The second-order valence-electron chi connectivity index (χ2n) is 5.00. The predicted octanol–water partition coefficient (Wildman–Crippen LogP) is 4.61. The molecule has 0 aliphatic carbocycles. The molecule has 24 heavy (non-hydrogen) atoms. The summed E-state index contributed by atoms with van der Waals surface area (Å²) < 4.78 is 16.0. The molecule has 6 nitrogen and oxygen atoms in total. The molecule has 124 valence electrons. The van der Waals surface area contributed by atoms with E-state index in [1.807, 2.05) is 6.92 Å². The van der Waals surface area contributed by atoms with Gasteiger partial charge in [0.25, 0.3) is 11.8 Å².